The Labute approximate surface area is 152 Å². The van der Waals surface area contributed by atoms with Crippen LogP contribution >= 0.6 is 24.0 Å². The summed E-state index contributed by atoms with van der Waals surface area (Å²) in [5.74, 6) is 0.850. The van der Waals surface area contributed by atoms with Gasteiger partial charge in [-0.2, -0.15) is 0 Å². The van der Waals surface area contributed by atoms with Crippen LogP contribution in [0.2, 0.25) is 0 Å². The van der Waals surface area contributed by atoms with E-state index in [2.05, 4.69) is 43.2 Å². The molecule has 1 unspecified atom stereocenters. The van der Waals surface area contributed by atoms with Gasteiger partial charge in [0.2, 0.25) is 0 Å². The number of halogens is 1. The number of guanidine groups is 1. The van der Waals surface area contributed by atoms with Gasteiger partial charge >= 0.3 is 0 Å². The van der Waals surface area contributed by atoms with Crippen molar-refractivity contribution >= 4 is 29.9 Å². The molecule has 7 heteroatoms. The van der Waals surface area contributed by atoms with E-state index in [1.54, 1.807) is 7.11 Å². The Balaban J connectivity index is 0.00000441. The Bertz CT molecular complexity index is 321. The smallest absolute Gasteiger partial charge is 0.191 e. The number of aliphatic imine (C=N–C) groups is 1. The Hall–Kier alpha value is -0.120. The molecule has 0 aromatic heterocycles. The highest BCUT2D eigenvalue weighted by Gasteiger charge is 2.28. The molecule has 1 rings (SSSR count). The number of morpholine rings is 1. The summed E-state index contributed by atoms with van der Waals surface area (Å²) in [7, 11) is 1.71. The average molecular weight is 428 g/mol. The standard InChI is InChI=1S/C15H32N4O2.HI/c1-6-16-14(18-13(2)11-20-5)17-12-15(3,4)19-7-9-21-10-8-19;/h13H,6-12H2,1-5H3,(H2,16,17,18);1H. The van der Waals surface area contributed by atoms with Crippen LogP contribution in [0.15, 0.2) is 4.99 Å². The first-order chi connectivity index (χ1) is 9.99. The molecule has 6 nitrogen and oxygen atoms in total. The average Bonchev–Trinajstić information content (AvgIpc) is 2.46. The largest absolute Gasteiger partial charge is 0.383 e. The minimum atomic E-state index is 0. The minimum Gasteiger partial charge on any atom is -0.383 e. The van der Waals surface area contributed by atoms with E-state index in [1.807, 2.05) is 0 Å². The molecule has 2 N–H and O–H groups in total. The molecule has 22 heavy (non-hydrogen) atoms. The number of nitrogens with zero attached hydrogens (tertiary/aromatic N) is 2. The predicted molar refractivity (Wildman–Crippen MR) is 102 cm³/mol. The number of hydrogen-bond donors (Lipinski definition) is 2. The van der Waals surface area contributed by atoms with Gasteiger partial charge in [0.25, 0.3) is 0 Å². The number of hydrogen-bond acceptors (Lipinski definition) is 4. The van der Waals surface area contributed by atoms with Crippen LogP contribution in [0.4, 0.5) is 0 Å². The zero-order valence-electron chi connectivity index (χ0n) is 14.6. The van der Waals surface area contributed by atoms with Crippen molar-refractivity contribution in [2.24, 2.45) is 4.99 Å². The van der Waals surface area contributed by atoms with Gasteiger partial charge in [-0.05, 0) is 27.7 Å². The second kappa shape index (κ2) is 11.4. The Morgan fingerprint density at radius 2 is 2.00 bits per heavy atom. The molecule has 0 bridgehead atoms. The third kappa shape index (κ3) is 7.94. The summed E-state index contributed by atoms with van der Waals surface area (Å²) in [5, 5.41) is 6.65. The summed E-state index contributed by atoms with van der Waals surface area (Å²) in [6.45, 7) is 14.5. The quantitative estimate of drug-likeness (QED) is 0.364. The van der Waals surface area contributed by atoms with Crippen molar-refractivity contribution in [3.63, 3.8) is 0 Å². The SMILES string of the molecule is CCNC(=NCC(C)(C)N1CCOCC1)NC(C)COC.I. The first kappa shape index (κ1) is 21.9. The van der Waals surface area contributed by atoms with Crippen LogP contribution in [-0.4, -0.2) is 75.5 Å². The van der Waals surface area contributed by atoms with Crippen molar-refractivity contribution in [3.8, 4) is 0 Å². The van der Waals surface area contributed by atoms with E-state index < -0.39 is 0 Å². The van der Waals surface area contributed by atoms with Crippen molar-refractivity contribution in [1.29, 1.82) is 0 Å². The van der Waals surface area contributed by atoms with Gasteiger partial charge in [0.15, 0.2) is 5.96 Å². The second-order valence-electron chi connectivity index (χ2n) is 6.11. The summed E-state index contributed by atoms with van der Waals surface area (Å²) in [6.07, 6.45) is 0. The number of nitrogens with one attached hydrogen (secondary N) is 2. The lowest BCUT2D eigenvalue weighted by Crippen LogP contribution is -2.52. The van der Waals surface area contributed by atoms with Crippen LogP contribution in [0.3, 0.4) is 0 Å². The maximum atomic E-state index is 5.42. The molecule has 1 aliphatic rings. The molecule has 0 amide bonds. The fourth-order valence-corrected chi connectivity index (χ4v) is 2.39. The van der Waals surface area contributed by atoms with Crippen molar-refractivity contribution in [3.05, 3.63) is 0 Å². The monoisotopic (exact) mass is 428 g/mol. The number of ether oxygens (including phenoxy) is 2. The van der Waals surface area contributed by atoms with Gasteiger partial charge in [0.1, 0.15) is 0 Å². The molecule has 0 radical (unpaired) electrons. The third-order valence-electron chi connectivity index (χ3n) is 3.64. The van der Waals surface area contributed by atoms with Crippen LogP contribution in [-0.2, 0) is 9.47 Å². The normalized spacial score (nSPS) is 18.5. The van der Waals surface area contributed by atoms with Gasteiger partial charge < -0.3 is 20.1 Å². The molecule has 0 saturated carbocycles. The molecule has 0 aliphatic carbocycles. The molecular weight excluding hydrogens is 395 g/mol. The fourth-order valence-electron chi connectivity index (χ4n) is 2.39. The molecule has 0 aromatic carbocycles. The zero-order chi connectivity index (χ0) is 15.7. The van der Waals surface area contributed by atoms with Crippen LogP contribution in [0.25, 0.3) is 0 Å². The number of rotatable bonds is 7. The van der Waals surface area contributed by atoms with Crippen LogP contribution in [0.5, 0.6) is 0 Å². The summed E-state index contributed by atoms with van der Waals surface area (Å²) >= 11 is 0. The lowest BCUT2D eigenvalue weighted by Gasteiger charge is -2.40. The molecule has 0 aromatic rings. The van der Waals surface area contributed by atoms with E-state index in [1.165, 1.54) is 0 Å². The topological polar surface area (TPSA) is 58.1 Å². The molecule has 1 heterocycles. The van der Waals surface area contributed by atoms with E-state index in [0.29, 0.717) is 6.61 Å². The van der Waals surface area contributed by atoms with Crippen LogP contribution in [0.1, 0.15) is 27.7 Å². The Morgan fingerprint density at radius 1 is 1.36 bits per heavy atom. The van der Waals surface area contributed by atoms with Crippen molar-refractivity contribution in [2.75, 3.05) is 53.1 Å². The van der Waals surface area contributed by atoms with E-state index in [4.69, 9.17) is 14.5 Å². The number of methoxy groups -OCH3 is 1. The molecule has 1 fully saturated rings. The van der Waals surface area contributed by atoms with E-state index in [-0.39, 0.29) is 35.6 Å². The lowest BCUT2D eigenvalue weighted by molar-refractivity contribution is -0.00684. The van der Waals surface area contributed by atoms with Crippen molar-refractivity contribution in [2.45, 2.75) is 39.3 Å². The van der Waals surface area contributed by atoms with Gasteiger partial charge in [-0.1, -0.05) is 0 Å². The molecule has 1 atom stereocenters. The molecule has 1 aliphatic heterocycles. The predicted octanol–water partition coefficient (Wildman–Crippen LogP) is 1.31. The first-order valence-electron chi connectivity index (χ1n) is 7.86. The van der Waals surface area contributed by atoms with E-state index >= 15 is 0 Å². The molecule has 0 spiro atoms. The highest BCUT2D eigenvalue weighted by Crippen LogP contribution is 2.16. The van der Waals surface area contributed by atoms with Gasteiger partial charge in [-0.3, -0.25) is 9.89 Å². The van der Waals surface area contributed by atoms with Gasteiger partial charge in [0.05, 0.1) is 26.4 Å². The van der Waals surface area contributed by atoms with Gasteiger partial charge in [-0.15, -0.1) is 24.0 Å². The summed E-state index contributed by atoms with van der Waals surface area (Å²) in [5.41, 5.74) is 0.0383. The maximum Gasteiger partial charge on any atom is 0.191 e. The summed E-state index contributed by atoms with van der Waals surface area (Å²) in [4.78, 5) is 7.19. The summed E-state index contributed by atoms with van der Waals surface area (Å²) < 4.78 is 10.6. The van der Waals surface area contributed by atoms with E-state index in [0.717, 1.165) is 45.4 Å². The highest BCUT2D eigenvalue weighted by atomic mass is 127. The first-order valence-corrected chi connectivity index (χ1v) is 7.86. The molecular formula is C15H33IN4O2. The minimum absolute atomic E-state index is 0. The molecule has 132 valence electrons. The summed E-state index contributed by atoms with van der Waals surface area (Å²) in [6, 6.07) is 0.235. The second-order valence-corrected chi connectivity index (χ2v) is 6.11. The third-order valence-corrected chi connectivity index (χ3v) is 3.64. The maximum absolute atomic E-state index is 5.42. The lowest BCUT2D eigenvalue weighted by atomic mass is 10.0. The van der Waals surface area contributed by atoms with Crippen molar-refractivity contribution < 1.29 is 9.47 Å². The van der Waals surface area contributed by atoms with Crippen LogP contribution in [0, 0.1) is 0 Å². The fraction of sp³-hybridized carbons (Fsp3) is 0.933. The highest BCUT2D eigenvalue weighted by molar-refractivity contribution is 14.0. The van der Waals surface area contributed by atoms with E-state index in [9.17, 15) is 0 Å². The van der Waals surface area contributed by atoms with Crippen LogP contribution < -0.4 is 10.6 Å². The van der Waals surface area contributed by atoms with Gasteiger partial charge in [0, 0.05) is 38.3 Å². The van der Waals surface area contributed by atoms with Crippen molar-refractivity contribution in [1.82, 2.24) is 15.5 Å². The Kier molecular flexibility index (Phi) is 11.4. The van der Waals surface area contributed by atoms with Gasteiger partial charge in [-0.25, -0.2) is 0 Å². The Morgan fingerprint density at radius 3 is 2.55 bits per heavy atom. The molecule has 1 saturated heterocycles. The zero-order valence-corrected chi connectivity index (χ0v) is 17.0.